The first kappa shape index (κ1) is 9.57. The van der Waals surface area contributed by atoms with Crippen LogP contribution in [0.1, 0.15) is 18.5 Å². The molecular formula is C9H9FN4O. The molecule has 0 radical (unpaired) electrons. The van der Waals surface area contributed by atoms with Gasteiger partial charge in [-0.15, -0.1) is 0 Å². The zero-order valence-corrected chi connectivity index (χ0v) is 8.01. The summed E-state index contributed by atoms with van der Waals surface area (Å²) in [5.74, 6) is -0.307. The fourth-order valence-corrected chi connectivity index (χ4v) is 1.34. The van der Waals surface area contributed by atoms with Crippen LogP contribution in [0.5, 0.6) is 0 Å². The lowest BCUT2D eigenvalue weighted by molar-refractivity contribution is 0.527. The van der Waals surface area contributed by atoms with Crippen LogP contribution in [0.25, 0.3) is 0 Å². The number of nitrogens with one attached hydrogen (secondary N) is 1. The molecule has 2 aromatic rings. The molecule has 0 amide bonds. The number of rotatable bonds is 2. The van der Waals surface area contributed by atoms with Gasteiger partial charge in [-0.2, -0.15) is 4.68 Å². The first-order valence-corrected chi connectivity index (χ1v) is 4.44. The van der Waals surface area contributed by atoms with Crippen LogP contribution in [0.15, 0.2) is 29.1 Å². The number of halogens is 1. The van der Waals surface area contributed by atoms with Crippen molar-refractivity contribution in [3.05, 3.63) is 46.1 Å². The molecule has 15 heavy (non-hydrogen) atoms. The summed E-state index contributed by atoms with van der Waals surface area (Å²) in [5.41, 5.74) is 0.416. The number of benzene rings is 1. The van der Waals surface area contributed by atoms with Crippen LogP contribution in [0.3, 0.4) is 0 Å². The SMILES string of the molecule is CC(c1ccc(F)cc1)n1nn[nH]c1=O. The summed E-state index contributed by atoms with van der Waals surface area (Å²) in [5, 5.41) is 9.21. The van der Waals surface area contributed by atoms with E-state index in [4.69, 9.17) is 0 Å². The van der Waals surface area contributed by atoms with E-state index in [-0.39, 0.29) is 17.5 Å². The lowest BCUT2D eigenvalue weighted by Gasteiger charge is -2.09. The summed E-state index contributed by atoms with van der Waals surface area (Å²) in [6, 6.07) is 5.65. The minimum atomic E-state index is -0.383. The molecule has 2 rings (SSSR count). The van der Waals surface area contributed by atoms with E-state index in [9.17, 15) is 9.18 Å². The highest BCUT2D eigenvalue weighted by molar-refractivity contribution is 5.19. The van der Waals surface area contributed by atoms with Crippen molar-refractivity contribution in [3.63, 3.8) is 0 Å². The second-order valence-corrected chi connectivity index (χ2v) is 3.18. The standard InChI is InChI=1S/C9H9FN4O/c1-6(14-9(15)11-12-13-14)7-2-4-8(10)5-3-7/h2-6H,1H3,(H,11,13,15). The van der Waals surface area contributed by atoms with Gasteiger partial charge in [0.2, 0.25) is 0 Å². The average molecular weight is 208 g/mol. The summed E-state index contributed by atoms with van der Waals surface area (Å²) in [4.78, 5) is 11.2. The van der Waals surface area contributed by atoms with Gasteiger partial charge in [0, 0.05) is 0 Å². The van der Waals surface area contributed by atoms with Crippen molar-refractivity contribution in [2.45, 2.75) is 13.0 Å². The minimum absolute atomic E-state index is 0.267. The Hall–Kier alpha value is -1.98. The molecule has 1 atom stereocenters. The van der Waals surface area contributed by atoms with Crippen LogP contribution in [0, 0.1) is 5.82 Å². The van der Waals surface area contributed by atoms with E-state index in [0.29, 0.717) is 0 Å². The molecule has 0 saturated carbocycles. The fraction of sp³-hybridized carbons (Fsp3) is 0.222. The van der Waals surface area contributed by atoms with E-state index in [1.54, 1.807) is 19.1 Å². The summed E-state index contributed by atoms with van der Waals surface area (Å²) in [6.07, 6.45) is 0. The number of hydrogen-bond donors (Lipinski definition) is 1. The third-order valence-electron chi connectivity index (χ3n) is 2.21. The Kier molecular flexibility index (Phi) is 2.32. The molecule has 1 heterocycles. The molecule has 1 N–H and O–H groups in total. The third kappa shape index (κ3) is 1.78. The lowest BCUT2D eigenvalue weighted by atomic mass is 10.1. The zero-order chi connectivity index (χ0) is 10.8. The molecule has 0 fully saturated rings. The molecule has 0 aliphatic carbocycles. The molecular weight excluding hydrogens is 199 g/mol. The normalized spacial score (nSPS) is 12.7. The monoisotopic (exact) mass is 208 g/mol. The lowest BCUT2D eigenvalue weighted by Crippen LogP contribution is -2.22. The predicted molar refractivity (Wildman–Crippen MR) is 50.9 cm³/mol. The van der Waals surface area contributed by atoms with Gasteiger partial charge >= 0.3 is 5.69 Å². The van der Waals surface area contributed by atoms with Crippen molar-refractivity contribution in [2.75, 3.05) is 0 Å². The summed E-state index contributed by atoms with van der Waals surface area (Å²) in [7, 11) is 0. The smallest absolute Gasteiger partial charge is 0.244 e. The Bertz CT molecular complexity index is 501. The number of H-pyrrole nitrogens is 1. The van der Waals surface area contributed by atoms with Crippen LogP contribution in [0.4, 0.5) is 4.39 Å². The third-order valence-corrected chi connectivity index (χ3v) is 2.21. The van der Waals surface area contributed by atoms with Crippen molar-refractivity contribution in [3.8, 4) is 0 Å². The topological polar surface area (TPSA) is 63.6 Å². The van der Waals surface area contributed by atoms with Gasteiger partial charge in [-0.25, -0.2) is 14.3 Å². The van der Waals surface area contributed by atoms with Crippen molar-refractivity contribution in [1.29, 1.82) is 0 Å². The Morgan fingerprint density at radius 2 is 2.07 bits per heavy atom. The van der Waals surface area contributed by atoms with Crippen molar-refractivity contribution < 1.29 is 4.39 Å². The Morgan fingerprint density at radius 3 is 2.60 bits per heavy atom. The van der Waals surface area contributed by atoms with Crippen LogP contribution in [-0.4, -0.2) is 20.2 Å². The molecule has 0 spiro atoms. The molecule has 1 aromatic carbocycles. The molecule has 6 heteroatoms. The first-order chi connectivity index (χ1) is 7.18. The second kappa shape index (κ2) is 3.64. The average Bonchev–Trinajstić information content (AvgIpc) is 2.65. The number of tetrazole rings is 1. The zero-order valence-electron chi connectivity index (χ0n) is 8.01. The van der Waals surface area contributed by atoms with Gasteiger partial charge in [-0.05, 0) is 35.0 Å². The van der Waals surface area contributed by atoms with Gasteiger partial charge in [0.15, 0.2) is 0 Å². The van der Waals surface area contributed by atoms with Crippen molar-refractivity contribution >= 4 is 0 Å². The van der Waals surface area contributed by atoms with Gasteiger partial charge in [-0.1, -0.05) is 12.1 Å². The van der Waals surface area contributed by atoms with Crippen molar-refractivity contribution in [2.24, 2.45) is 0 Å². The van der Waals surface area contributed by atoms with Gasteiger partial charge in [0.1, 0.15) is 5.82 Å². The highest BCUT2D eigenvalue weighted by atomic mass is 19.1. The maximum Gasteiger partial charge on any atom is 0.361 e. The van der Waals surface area contributed by atoms with E-state index < -0.39 is 0 Å². The maximum absolute atomic E-state index is 12.7. The van der Waals surface area contributed by atoms with Gasteiger partial charge < -0.3 is 0 Å². The molecule has 1 aromatic heterocycles. The quantitative estimate of drug-likeness (QED) is 0.790. The van der Waals surface area contributed by atoms with E-state index in [0.717, 1.165) is 5.56 Å². The summed E-state index contributed by atoms with van der Waals surface area (Å²) < 4.78 is 13.9. The van der Waals surface area contributed by atoms with Gasteiger partial charge in [0.25, 0.3) is 0 Å². The van der Waals surface area contributed by atoms with Crippen LogP contribution >= 0.6 is 0 Å². The molecule has 78 valence electrons. The summed E-state index contributed by atoms with van der Waals surface area (Å²) >= 11 is 0. The maximum atomic E-state index is 12.7. The number of hydrogen-bond acceptors (Lipinski definition) is 3. The van der Waals surface area contributed by atoms with E-state index in [1.165, 1.54) is 16.8 Å². The fourth-order valence-electron chi connectivity index (χ4n) is 1.34. The minimum Gasteiger partial charge on any atom is -0.244 e. The van der Waals surface area contributed by atoms with Crippen LogP contribution < -0.4 is 5.69 Å². The Balaban J connectivity index is 2.36. The largest absolute Gasteiger partial charge is 0.361 e. The molecule has 0 aliphatic rings. The molecule has 0 aliphatic heterocycles. The molecule has 5 nitrogen and oxygen atoms in total. The predicted octanol–water partition coefficient (Wildman–Crippen LogP) is 0.715. The highest BCUT2D eigenvalue weighted by Gasteiger charge is 2.11. The number of aromatic amines is 1. The van der Waals surface area contributed by atoms with Crippen molar-refractivity contribution in [1.82, 2.24) is 20.2 Å². The molecule has 0 bridgehead atoms. The Morgan fingerprint density at radius 1 is 1.40 bits per heavy atom. The van der Waals surface area contributed by atoms with E-state index in [1.807, 2.05) is 0 Å². The van der Waals surface area contributed by atoms with E-state index in [2.05, 4.69) is 15.5 Å². The van der Waals surface area contributed by atoms with Crippen LogP contribution in [0.2, 0.25) is 0 Å². The number of aromatic nitrogens is 4. The van der Waals surface area contributed by atoms with Crippen LogP contribution in [-0.2, 0) is 0 Å². The van der Waals surface area contributed by atoms with Gasteiger partial charge in [0.05, 0.1) is 6.04 Å². The molecule has 0 saturated heterocycles. The summed E-state index contributed by atoms with van der Waals surface area (Å²) in [6.45, 7) is 1.79. The highest BCUT2D eigenvalue weighted by Crippen LogP contribution is 2.14. The van der Waals surface area contributed by atoms with E-state index >= 15 is 0 Å². The number of nitrogens with zero attached hydrogens (tertiary/aromatic N) is 3. The second-order valence-electron chi connectivity index (χ2n) is 3.18. The van der Waals surface area contributed by atoms with Gasteiger partial charge in [-0.3, -0.25) is 0 Å². The Labute approximate surface area is 84.5 Å². The first-order valence-electron chi connectivity index (χ1n) is 4.44. The molecule has 1 unspecified atom stereocenters.